The van der Waals surface area contributed by atoms with E-state index in [-0.39, 0.29) is 24.3 Å². The number of nitrogens with one attached hydrogen (secondary N) is 2. The van der Waals surface area contributed by atoms with Crippen molar-refractivity contribution >= 4 is 22.4 Å². The van der Waals surface area contributed by atoms with Gasteiger partial charge in [-0.1, -0.05) is 0 Å². The van der Waals surface area contributed by atoms with Crippen LogP contribution in [0.4, 0.5) is 0 Å². The Labute approximate surface area is 84.7 Å². The second-order valence-corrected chi connectivity index (χ2v) is 4.65. The van der Waals surface area contributed by atoms with Gasteiger partial charge in [0.2, 0.25) is 10.0 Å². The third-order valence-corrected chi connectivity index (χ3v) is 3.15. The van der Waals surface area contributed by atoms with Gasteiger partial charge in [-0.3, -0.25) is 0 Å². The second kappa shape index (κ2) is 5.77. The van der Waals surface area contributed by atoms with Crippen LogP contribution in [0.15, 0.2) is 0 Å². The molecule has 1 rings (SSSR count). The molecule has 1 aliphatic heterocycles. The Morgan fingerprint density at radius 1 is 1.62 bits per heavy atom. The van der Waals surface area contributed by atoms with Gasteiger partial charge in [-0.15, -0.1) is 12.4 Å². The van der Waals surface area contributed by atoms with E-state index in [9.17, 15) is 8.42 Å². The molecule has 0 aromatic rings. The van der Waals surface area contributed by atoms with E-state index in [1.807, 2.05) is 0 Å². The van der Waals surface area contributed by atoms with Crippen LogP contribution in [0.25, 0.3) is 0 Å². The van der Waals surface area contributed by atoms with Gasteiger partial charge in [0.15, 0.2) is 0 Å². The Morgan fingerprint density at radius 3 is 2.77 bits per heavy atom. The van der Waals surface area contributed by atoms with Gasteiger partial charge in [-0.25, -0.2) is 13.1 Å². The number of sulfonamides is 1. The van der Waals surface area contributed by atoms with E-state index >= 15 is 0 Å². The summed E-state index contributed by atoms with van der Waals surface area (Å²) in [4.78, 5) is 0. The van der Waals surface area contributed by atoms with Crippen molar-refractivity contribution in [1.29, 1.82) is 0 Å². The summed E-state index contributed by atoms with van der Waals surface area (Å²) in [6, 6.07) is 0. The first kappa shape index (κ1) is 13.1. The number of hydrogen-bond donors (Lipinski definition) is 2. The molecular formula is C6H15ClN2O3S. The molecule has 1 heterocycles. The molecule has 1 atom stereocenters. The lowest BCUT2D eigenvalue weighted by Gasteiger charge is -2.22. The SMILES string of the molecule is CNS(=O)(=O)CC1CNCCO1.Cl. The molecule has 5 nitrogen and oxygen atoms in total. The molecule has 0 saturated carbocycles. The van der Waals surface area contributed by atoms with E-state index in [4.69, 9.17) is 4.74 Å². The van der Waals surface area contributed by atoms with Gasteiger partial charge in [-0.2, -0.15) is 0 Å². The molecule has 0 aliphatic carbocycles. The molecule has 80 valence electrons. The molecule has 0 amide bonds. The van der Waals surface area contributed by atoms with Gasteiger partial charge in [0.25, 0.3) is 0 Å². The Kier molecular flexibility index (Phi) is 5.82. The first-order chi connectivity index (χ1) is 5.64. The van der Waals surface area contributed by atoms with Gasteiger partial charge in [0, 0.05) is 13.1 Å². The zero-order chi connectivity index (χ0) is 9.03. The van der Waals surface area contributed by atoms with Crippen LogP contribution in [-0.2, 0) is 14.8 Å². The predicted molar refractivity (Wildman–Crippen MR) is 52.7 cm³/mol. The van der Waals surface area contributed by atoms with E-state index in [2.05, 4.69) is 10.0 Å². The second-order valence-electron chi connectivity index (χ2n) is 2.68. The van der Waals surface area contributed by atoms with E-state index in [1.54, 1.807) is 0 Å². The zero-order valence-corrected chi connectivity index (χ0v) is 9.08. The number of morpholine rings is 1. The average molecular weight is 231 g/mol. The van der Waals surface area contributed by atoms with Crippen molar-refractivity contribution in [2.24, 2.45) is 0 Å². The van der Waals surface area contributed by atoms with Crippen molar-refractivity contribution in [3.63, 3.8) is 0 Å². The number of hydrogen-bond acceptors (Lipinski definition) is 4. The molecule has 0 bridgehead atoms. The fourth-order valence-corrected chi connectivity index (χ4v) is 1.93. The predicted octanol–water partition coefficient (Wildman–Crippen LogP) is -1.05. The molecule has 0 aromatic carbocycles. The molecule has 0 aromatic heterocycles. The highest BCUT2D eigenvalue weighted by Crippen LogP contribution is 1.98. The fraction of sp³-hybridized carbons (Fsp3) is 1.00. The third kappa shape index (κ3) is 4.78. The third-order valence-electron chi connectivity index (χ3n) is 1.72. The average Bonchev–Trinajstić information content (AvgIpc) is 2.06. The van der Waals surface area contributed by atoms with E-state index in [0.717, 1.165) is 6.54 Å². The molecule has 2 N–H and O–H groups in total. The lowest BCUT2D eigenvalue weighted by Crippen LogP contribution is -2.43. The van der Waals surface area contributed by atoms with Crippen molar-refractivity contribution in [2.75, 3.05) is 32.5 Å². The van der Waals surface area contributed by atoms with Crippen LogP contribution in [0.1, 0.15) is 0 Å². The van der Waals surface area contributed by atoms with Crippen LogP contribution >= 0.6 is 12.4 Å². The summed E-state index contributed by atoms with van der Waals surface area (Å²) in [6.07, 6.45) is -0.212. The highest BCUT2D eigenvalue weighted by molar-refractivity contribution is 7.89. The van der Waals surface area contributed by atoms with E-state index < -0.39 is 10.0 Å². The summed E-state index contributed by atoms with van der Waals surface area (Å²) in [6.45, 7) is 2.00. The van der Waals surface area contributed by atoms with Crippen molar-refractivity contribution < 1.29 is 13.2 Å². The maximum absolute atomic E-state index is 11.0. The quantitative estimate of drug-likeness (QED) is 0.649. The number of rotatable bonds is 3. The van der Waals surface area contributed by atoms with Crippen molar-refractivity contribution in [3.8, 4) is 0 Å². The maximum Gasteiger partial charge on any atom is 0.213 e. The Balaban J connectivity index is 0.00000144. The fourth-order valence-electron chi connectivity index (χ4n) is 1.05. The standard InChI is InChI=1S/C6H14N2O3S.ClH/c1-7-12(9,10)5-6-4-8-2-3-11-6;/h6-8H,2-5H2,1H3;1H. The minimum absolute atomic E-state index is 0. The number of ether oxygens (including phenoxy) is 1. The molecule has 1 unspecified atom stereocenters. The van der Waals surface area contributed by atoms with E-state index in [0.29, 0.717) is 13.2 Å². The van der Waals surface area contributed by atoms with Crippen LogP contribution in [0.2, 0.25) is 0 Å². The minimum atomic E-state index is -3.13. The minimum Gasteiger partial charge on any atom is -0.374 e. The Morgan fingerprint density at radius 2 is 2.31 bits per heavy atom. The molecule has 7 heteroatoms. The summed E-state index contributed by atoms with van der Waals surface area (Å²) >= 11 is 0. The Bertz CT molecular complexity index is 226. The van der Waals surface area contributed by atoms with Crippen molar-refractivity contribution in [2.45, 2.75) is 6.10 Å². The monoisotopic (exact) mass is 230 g/mol. The van der Waals surface area contributed by atoms with Crippen LogP contribution in [-0.4, -0.2) is 47.0 Å². The molecule has 1 saturated heterocycles. The summed E-state index contributed by atoms with van der Waals surface area (Å²) in [5.41, 5.74) is 0. The van der Waals surface area contributed by atoms with Gasteiger partial charge in [-0.05, 0) is 7.05 Å². The van der Waals surface area contributed by atoms with Crippen molar-refractivity contribution in [3.05, 3.63) is 0 Å². The van der Waals surface area contributed by atoms with Gasteiger partial charge >= 0.3 is 0 Å². The summed E-state index contributed by atoms with van der Waals surface area (Å²) in [5, 5.41) is 3.06. The zero-order valence-electron chi connectivity index (χ0n) is 7.45. The Hall–Kier alpha value is 0.120. The number of halogens is 1. The van der Waals surface area contributed by atoms with Crippen molar-refractivity contribution in [1.82, 2.24) is 10.0 Å². The lowest BCUT2D eigenvalue weighted by molar-refractivity contribution is 0.0429. The smallest absolute Gasteiger partial charge is 0.213 e. The molecule has 1 fully saturated rings. The van der Waals surface area contributed by atoms with Gasteiger partial charge < -0.3 is 10.1 Å². The largest absolute Gasteiger partial charge is 0.374 e. The molecule has 0 spiro atoms. The summed E-state index contributed by atoms with van der Waals surface area (Å²) in [7, 11) is -1.73. The summed E-state index contributed by atoms with van der Waals surface area (Å²) < 4.78 is 29.6. The first-order valence-electron chi connectivity index (χ1n) is 3.87. The van der Waals surface area contributed by atoms with Gasteiger partial charge in [0.1, 0.15) is 0 Å². The van der Waals surface area contributed by atoms with Crippen LogP contribution in [0, 0.1) is 0 Å². The summed E-state index contributed by atoms with van der Waals surface area (Å²) in [5.74, 6) is 0.0382. The van der Waals surface area contributed by atoms with Crippen LogP contribution in [0.3, 0.4) is 0 Å². The molecule has 0 radical (unpaired) electrons. The van der Waals surface area contributed by atoms with Crippen LogP contribution in [0.5, 0.6) is 0 Å². The normalized spacial score (nSPS) is 23.6. The highest BCUT2D eigenvalue weighted by atomic mass is 35.5. The van der Waals surface area contributed by atoms with E-state index in [1.165, 1.54) is 7.05 Å². The lowest BCUT2D eigenvalue weighted by atomic mass is 10.3. The molecule has 13 heavy (non-hydrogen) atoms. The first-order valence-corrected chi connectivity index (χ1v) is 5.53. The van der Waals surface area contributed by atoms with Gasteiger partial charge in [0.05, 0.1) is 18.5 Å². The highest BCUT2D eigenvalue weighted by Gasteiger charge is 2.20. The topological polar surface area (TPSA) is 67.4 Å². The molecule has 1 aliphatic rings. The molecular weight excluding hydrogens is 216 g/mol. The maximum atomic E-state index is 11.0. The van der Waals surface area contributed by atoms with Crippen LogP contribution < -0.4 is 10.0 Å².